The minimum atomic E-state index is -4.47. The Hall–Kier alpha value is -3.82. The number of benzene rings is 1. The van der Waals surface area contributed by atoms with Crippen LogP contribution in [0.3, 0.4) is 0 Å². The van der Waals surface area contributed by atoms with Gasteiger partial charge in [0.25, 0.3) is 11.8 Å². The Balaban J connectivity index is 1.63. The minimum absolute atomic E-state index is 0.154. The van der Waals surface area contributed by atoms with Crippen LogP contribution in [0.25, 0.3) is 0 Å². The topological polar surface area (TPSA) is 76.5 Å². The standard InChI is InChI=1S/C22H19F3N4O3/c1-13-12-29(16-5-3-14(4-6-16)22(23,24)25)21(31)19-18(7-8-28(13)19)20(30)27-15-9-17(32-2)11-26-10-15/h3-11,13H,12H2,1-2H3,(H,27,30)/t13-/m0/s1. The Kier molecular flexibility index (Phi) is 5.37. The van der Waals surface area contributed by atoms with Crippen molar-refractivity contribution in [2.24, 2.45) is 0 Å². The highest BCUT2D eigenvalue weighted by atomic mass is 19.4. The summed E-state index contributed by atoms with van der Waals surface area (Å²) in [4.78, 5) is 31.5. The van der Waals surface area contributed by atoms with Gasteiger partial charge >= 0.3 is 6.18 Å². The van der Waals surface area contributed by atoms with E-state index in [9.17, 15) is 22.8 Å². The van der Waals surface area contributed by atoms with Gasteiger partial charge in [-0.1, -0.05) is 0 Å². The van der Waals surface area contributed by atoms with Crippen LogP contribution >= 0.6 is 0 Å². The lowest BCUT2D eigenvalue weighted by Crippen LogP contribution is -2.43. The van der Waals surface area contributed by atoms with Crippen LogP contribution in [-0.4, -0.2) is 35.0 Å². The number of rotatable bonds is 4. The summed E-state index contributed by atoms with van der Waals surface area (Å²) in [6.07, 6.45) is 0.123. The van der Waals surface area contributed by atoms with Gasteiger partial charge in [-0.25, -0.2) is 0 Å². The van der Waals surface area contributed by atoms with E-state index < -0.39 is 23.6 Å². The Morgan fingerprint density at radius 1 is 1.19 bits per heavy atom. The van der Waals surface area contributed by atoms with Crippen LogP contribution in [0.2, 0.25) is 0 Å². The summed E-state index contributed by atoms with van der Waals surface area (Å²) in [6, 6.07) is 7.33. The molecule has 0 saturated carbocycles. The van der Waals surface area contributed by atoms with Crippen LogP contribution in [0.15, 0.2) is 55.0 Å². The quantitative estimate of drug-likeness (QED) is 0.648. The molecule has 0 saturated heterocycles. The van der Waals surface area contributed by atoms with Crippen LogP contribution in [-0.2, 0) is 6.18 Å². The van der Waals surface area contributed by atoms with Crippen LogP contribution in [0.5, 0.6) is 5.75 Å². The summed E-state index contributed by atoms with van der Waals surface area (Å²) in [5.41, 5.74) is 0.239. The zero-order valence-electron chi connectivity index (χ0n) is 17.2. The molecule has 0 aliphatic carbocycles. The first kappa shape index (κ1) is 21.4. The number of amides is 2. The third kappa shape index (κ3) is 3.91. The molecule has 1 atom stereocenters. The Labute approximate surface area is 181 Å². The average Bonchev–Trinajstić information content (AvgIpc) is 3.22. The highest BCUT2D eigenvalue weighted by Crippen LogP contribution is 2.33. The predicted molar refractivity (Wildman–Crippen MR) is 111 cm³/mol. The van der Waals surface area contributed by atoms with Crippen molar-refractivity contribution in [1.29, 1.82) is 0 Å². The maximum atomic E-state index is 13.3. The molecule has 2 aromatic heterocycles. The number of aromatic nitrogens is 2. The summed E-state index contributed by atoms with van der Waals surface area (Å²) in [6.45, 7) is 2.12. The van der Waals surface area contributed by atoms with Crippen LogP contribution in [0.1, 0.15) is 39.4 Å². The van der Waals surface area contributed by atoms with Gasteiger partial charge in [0.15, 0.2) is 0 Å². The third-order valence-electron chi connectivity index (χ3n) is 5.24. The highest BCUT2D eigenvalue weighted by molar-refractivity contribution is 6.16. The molecular weight excluding hydrogens is 425 g/mol. The summed E-state index contributed by atoms with van der Waals surface area (Å²) in [7, 11) is 1.47. The molecule has 32 heavy (non-hydrogen) atoms. The van der Waals surface area contributed by atoms with Crippen molar-refractivity contribution in [2.75, 3.05) is 23.9 Å². The molecule has 2 amide bonds. The van der Waals surface area contributed by atoms with E-state index in [1.807, 2.05) is 6.92 Å². The van der Waals surface area contributed by atoms with Crippen molar-refractivity contribution >= 4 is 23.2 Å². The second-order valence-corrected chi connectivity index (χ2v) is 7.36. The normalized spacial score (nSPS) is 16.0. The van der Waals surface area contributed by atoms with Crippen molar-refractivity contribution < 1.29 is 27.5 Å². The lowest BCUT2D eigenvalue weighted by Gasteiger charge is -2.33. The molecule has 3 heterocycles. The maximum absolute atomic E-state index is 13.3. The van der Waals surface area contributed by atoms with Gasteiger partial charge < -0.3 is 19.5 Å². The number of methoxy groups -OCH3 is 1. The van der Waals surface area contributed by atoms with Gasteiger partial charge in [-0.15, -0.1) is 0 Å². The van der Waals surface area contributed by atoms with Crippen LogP contribution < -0.4 is 15.0 Å². The van der Waals surface area contributed by atoms with E-state index in [1.54, 1.807) is 22.9 Å². The molecule has 1 aliphatic rings. The summed E-state index contributed by atoms with van der Waals surface area (Å²) < 4.78 is 45.4. The smallest absolute Gasteiger partial charge is 0.416 e. The molecular formula is C22H19F3N4O3. The number of anilines is 2. The molecule has 4 rings (SSSR count). The van der Waals surface area contributed by atoms with Crippen LogP contribution in [0, 0.1) is 0 Å². The summed E-state index contributed by atoms with van der Waals surface area (Å²) in [5.74, 6) is -0.523. The number of carbonyl (C=O) groups excluding carboxylic acids is 2. The van der Waals surface area contributed by atoms with Crippen molar-refractivity contribution in [3.63, 3.8) is 0 Å². The van der Waals surface area contributed by atoms with E-state index >= 15 is 0 Å². The third-order valence-corrected chi connectivity index (χ3v) is 5.24. The molecule has 3 aromatic rings. The van der Waals surface area contributed by atoms with Gasteiger partial charge in [0.2, 0.25) is 0 Å². The van der Waals surface area contributed by atoms with E-state index in [2.05, 4.69) is 10.3 Å². The number of hydrogen-bond acceptors (Lipinski definition) is 4. The van der Waals surface area contributed by atoms with E-state index in [4.69, 9.17) is 4.74 Å². The fraction of sp³-hybridized carbons (Fsp3) is 0.227. The zero-order valence-corrected chi connectivity index (χ0v) is 17.2. The zero-order chi connectivity index (χ0) is 23.0. The van der Waals surface area contributed by atoms with E-state index in [0.717, 1.165) is 12.1 Å². The van der Waals surface area contributed by atoms with Gasteiger partial charge in [-0.2, -0.15) is 13.2 Å². The Bertz CT molecular complexity index is 1170. The number of ether oxygens (including phenoxy) is 1. The van der Waals surface area contributed by atoms with E-state index in [-0.39, 0.29) is 23.8 Å². The maximum Gasteiger partial charge on any atom is 0.416 e. The second-order valence-electron chi connectivity index (χ2n) is 7.36. The molecule has 10 heteroatoms. The molecule has 0 spiro atoms. The first-order chi connectivity index (χ1) is 15.2. The number of hydrogen-bond donors (Lipinski definition) is 1. The number of carbonyl (C=O) groups is 2. The van der Waals surface area contributed by atoms with E-state index in [1.165, 1.54) is 36.5 Å². The molecule has 0 unspecified atom stereocenters. The number of nitrogens with zero attached hydrogens (tertiary/aromatic N) is 3. The molecule has 0 radical (unpaired) electrons. The minimum Gasteiger partial charge on any atom is -0.495 e. The highest BCUT2D eigenvalue weighted by Gasteiger charge is 2.35. The fourth-order valence-electron chi connectivity index (χ4n) is 3.64. The van der Waals surface area contributed by atoms with Gasteiger partial charge in [0.1, 0.15) is 11.4 Å². The summed E-state index contributed by atoms with van der Waals surface area (Å²) >= 11 is 0. The number of halogens is 3. The Morgan fingerprint density at radius 3 is 2.56 bits per heavy atom. The number of pyridine rings is 1. The van der Waals surface area contributed by atoms with Gasteiger partial charge in [-0.05, 0) is 37.3 Å². The van der Waals surface area contributed by atoms with Crippen molar-refractivity contribution in [3.05, 3.63) is 71.8 Å². The lowest BCUT2D eigenvalue weighted by molar-refractivity contribution is -0.137. The molecule has 7 nitrogen and oxygen atoms in total. The molecule has 1 N–H and O–H groups in total. The lowest BCUT2D eigenvalue weighted by atomic mass is 10.1. The van der Waals surface area contributed by atoms with Gasteiger partial charge in [-0.3, -0.25) is 14.6 Å². The number of fused-ring (bicyclic) bond motifs is 1. The predicted octanol–water partition coefficient (Wildman–Crippen LogP) is 4.38. The number of alkyl halides is 3. The monoisotopic (exact) mass is 444 g/mol. The molecule has 166 valence electrons. The van der Waals surface area contributed by atoms with Crippen molar-refractivity contribution in [1.82, 2.24) is 9.55 Å². The number of nitrogens with one attached hydrogen (secondary N) is 1. The molecule has 0 fully saturated rings. The summed E-state index contributed by atoms with van der Waals surface area (Å²) in [5, 5.41) is 2.69. The average molecular weight is 444 g/mol. The molecule has 0 bridgehead atoms. The largest absolute Gasteiger partial charge is 0.495 e. The first-order valence-electron chi connectivity index (χ1n) is 9.69. The molecule has 1 aliphatic heterocycles. The van der Waals surface area contributed by atoms with Crippen molar-refractivity contribution in [3.8, 4) is 5.75 Å². The van der Waals surface area contributed by atoms with Crippen molar-refractivity contribution in [2.45, 2.75) is 19.1 Å². The fourth-order valence-corrected chi connectivity index (χ4v) is 3.64. The van der Waals surface area contributed by atoms with Crippen LogP contribution in [0.4, 0.5) is 24.5 Å². The SMILES string of the molecule is COc1cncc(NC(=O)c2ccn3c2C(=O)N(c2ccc(C(F)(F)F)cc2)C[C@@H]3C)c1. The van der Waals surface area contributed by atoms with E-state index in [0.29, 0.717) is 17.1 Å². The van der Waals surface area contributed by atoms with Gasteiger partial charge in [0, 0.05) is 30.5 Å². The molecule has 1 aromatic carbocycles. The van der Waals surface area contributed by atoms with Gasteiger partial charge in [0.05, 0.1) is 36.3 Å². The first-order valence-corrected chi connectivity index (χ1v) is 9.69. The second kappa shape index (κ2) is 8.03. The Morgan fingerprint density at radius 2 is 1.91 bits per heavy atom.